The topological polar surface area (TPSA) is 30.5 Å². The predicted octanol–water partition coefficient (Wildman–Crippen LogP) is 3.27. The molecule has 1 aliphatic heterocycles. The van der Waals surface area contributed by atoms with Crippen molar-refractivity contribution in [2.24, 2.45) is 0 Å². The Morgan fingerprint density at radius 3 is 2.67 bits per heavy atom. The van der Waals surface area contributed by atoms with Gasteiger partial charge >= 0.3 is 0 Å². The number of benzene rings is 2. The number of likely N-dealkylation sites (N-methyl/N-ethyl adjacent to an activating group) is 1. The largest absolute Gasteiger partial charge is 0.486 e. The van der Waals surface area contributed by atoms with Gasteiger partial charge in [0.1, 0.15) is 13.2 Å². The zero-order chi connectivity index (χ0) is 14.7. The van der Waals surface area contributed by atoms with Gasteiger partial charge in [0, 0.05) is 11.6 Å². The van der Waals surface area contributed by atoms with Crippen LogP contribution in [0.15, 0.2) is 42.5 Å². The first-order valence-electron chi connectivity index (χ1n) is 7.40. The smallest absolute Gasteiger partial charge is 0.166 e. The summed E-state index contributed by atoms with van der Waals surface area (Å²) in [5.41, 5.74) is 3.84. The van der Waals surface area contributed by atoms with Gasteiger partial charge in [0.05, 0.1) is 0 Å². The van der Waals surface area contributed by atoms with Crippen molar-refractivity contribution in [3.63, 3.8) is 0 Å². The summed E-state index contributed by atoms with van der Waals surface area (Å²) in [7, 11) is 1.99. The molecule has 1 unspecified atom stereocenters. The summed E-state index contributed by atoms with van der Waals surface area (Å²) in [5, 5.41) is 3.41. The molecule has 0 spiro atoms. The lowest BCUT2D eigenvalue weighted by atomic mass is 9.95. The zero-order valence-electron chi connectivity index (χ0n) is 12.6. The van der Waals surface area contributed by atoms with Crippen LogP contribution in [0.5, 0.6) is 11.5 Å². The Kier molecular flexibility index (Phi) is 4.11. The number of hydrogen-bond donors (Lipinski definition) is 1. The Morgan fingerprint density at radius 2 is 1.86 bits per heavy atom. The molecule has 2 aromatic carbocycles. The molecule has 3 nitrogen and oxygen atoms in total. The van der Waals surface area contributed by atoms with E-state index in [1.54, 1.807) is 0 Å². The van der Waals surface area contributed by atoms with Crippen molar-refractivity contribution in [3.05, 3.63) is 59.2 Å². The summed E-state index contributed by atoms with van der Waals surface area (Å²) in [6.45, 7) is 3.39. The van der Waals surface area contributed by atoms with Crippen molar-refractivity contribution in [3.8, 4) is 11.5 Å². The second kappa shape index (κ2) is 6.19. The van der Waals surface area contributed by atoms with Crippen LogP contribution in [0.25, 0.3) is 0 Å². The van der Waals surface area contributed by atoms with E-state index in [0.717, 1.165) is 23.5 Å². The quantitative estimate of drug-likeness (QED) is 0.934. The lowest BCUT2D eigenvalue weighted by Gasteiger charge is -2.25. The molecule has 3 heteroatoms. The van der Waals surface area contributed by atoms with Crippen molar-refractivity contribution in [2.45, 2.75) is 19.4 Å². The van der Waals surface area contributed by atoms with Crippen LogP contribution < -0.4 is 14.8 Å². The summed E-state index contributed by atoms with van der Waals surface area (Å²) in [6, 6.07) is 14.8. The molecule has 0 saturated heterocycles. The second-order valence-corrected chi connectivity index (χ2v) is 5.34. The third-order valence-corrected chi connectivity index (χ3v) is 4.01. The molecule has 21 heavy (non-hydrogen) atoms. The van der Waals surface area contributed by atoms with Gasteiger partial charge in [-0.2, -0.15) is 0 Å². The molecular formula is C18H21NO2. The predicted molar refractivity (Wildman–Crippen MR) is 84.1 cm³/mol. The number of ether oxygens (including phenoxy) is 2. The Bertz CT molecular complexity index is 624. The maximum atomic E-state index is 5.84. The molecule has 2 aromatic rings. The normalized spacial score (nSPS) is 14.8. The van der Waals surface area contributed by atoms with Gasteiger partial charge in [0.2, 0.25) is 0 Å². The van der Waals surface area contributed by atoms with E-state index in [1.165, 1.54) is 11.1 Å². The second-order valence-electron chi connectivity index (χ2n) is 5.34. The van der Waals surface area contributed by atoms with Crippen molar-refractivity contribution >= 4 is 0 Å². The number of nitrogens with one attached hydrogen (secondary N) is 1. The van der Waals surface area contributed by atoms with E-state index in [9.17, 15) is 0 Å². The van der Waals surface area contributed by atoms with Gasteiger partial charge in [-0.3, -0.25) is 0 Å². The summed E-state index contributed by atoms with van der Waals surface area (Å²) in [5.74, 6) is 1.74. The minimum absolute atomic E-state index is 0.211. The maximum Gasteiger partial charge on any atom is 0.166 e. The Balaban J connectivity index is 1.92. The third kappa shape index (κ3) is 2.88. The molecule has 1 heterocycles. The summed E-state index contributed by atoms with van der Waals surface area (Å²) in [4.78, 5) is 0. The first-order chi connectivity index (χ1) is 10.3. The van der Waals surface area contributed by atoms with E-state index in [1.807, 2.05) is 19.2 Å². The lowest BCUT2D eigenvalue weighted by molar-refractivity contribution is 0.168. The fraction of sp³-hybridized carbons (Fsp3) is 0.333. The van der Waals surface area contributed by atoms with E-state index in [-0.39, 0.29) is 6.04 Å². The highest BCUT2D eigenvalue weighted by atomic mass is 16.6. The van der Waals surface area contributed by atoms with Crippen molar-refractivity contribution < 1.29 is 9.47 Å². The minimum Gasteiger partial charge on any atom is -0.486 e. The number of rotatable bonds is 4. The molecule has 0 aliphatic carbocycles. The molecule has 1 aliphatic rings. The fourth-order valence-corrected chi connectivity index (χ4v) is 2.80. The van der Waals surface area contributed by atoms with E-state index in [2.05, 4.69) is 42.6 Å². The Labute approximate surface area is 125 Å². The van der Waals surface area contributed by atoms with Crippen LogP contribution in [0.3, 0.4) is 0 Å². The lowest BCUT2D eigenvalue weighted by Crippen LogP contribution is -2.23. The summed E-state index contributed by atoms with van der Waals surface area (Å²) >= 11 is 0. The average Bonchev–Trinajstić information content (AvgIpc) is 2.54. The molecule has 1 N–H and O–H groups in total. The molecule has 0 bridgehead atoms. The van der Waals surface area contributed by atoms with E-state index >= 15 is 0 Å². The highest BCUT2D eigenvalue weighted by Crippen LogP contribution is 2.37. The molecule has 0 amide bonds. The molecule has 0 radical (unpaired) electrons. The molecule has 1 atom stereocenters. The van der Waals surface area contributed by atoms with Crippen LogP contribution in [-0.4, -0.2) is 20.3 Å². The Hall–Kier alpha value is -2.00. The average molecular weight is 283 g/mol. The third-order valence-electron chi connectivity index (χ3n) is 4.01. The van der Waals surface area contributed by atoms with Crippen molar-refractivity contribution in [2.75, 3.05) is 20.3 Å². The van der Waals surface area contributed by atoms with Crippen molar-refractivity contribution in [1.82, 2.24) is 5.32 Å². The molecule has 0 saturated carbocycles. The van der Waals surface area contributed by atoms with Gasteiger partial charge < -0.3 is 14.8 Å². The maximum absolute atomic E-state index is 5.84. The fourth-order valence-electron chi connectivity index (χ4n) is 2.80. The highest BCUT2D eigenvalue weighted by Gasteiger charge is 2.21. The monoisotopic (exact) mass is 283 g/mol. The zero-order valence-corrected chi connectivity index (χ0v) is 12.6. The summed E-state index contributed by atoms with van der Waals surface area (Å²) < 4.78 is 11.5. The van der Waals surface area contributed by atoms with Crippen LogP contribution in [0.1, 0.15) is 22.7 Å². The van der Waals surface area contributed by atoms with E-state index in [0.29, 0.717) is 13.2 Å². The molecular weight excluding hydrogens is 262 g/mol. The van der Waals surface area contributed by atoms with Crippen LogP contribution in [0, 0.1) is 6.92 Å². The number of aryl methyl sites for hydroxylation is 1. The number of hydrogen-bond acceptors (Lipinski definition) is 3. The SMILES string of the molecule is CNC(Cc1ccccc1C)c1cccc2c1OCCO2. The van der Waals surface area contributed by atoms with Crippen molar-refractivity contribution in [1.29, 1.82) is 0 Å². The van der Waals surface area contributed by atoms with Gasteiger partial charge in [-0.1, -0.05) is 36.4 Å². The Morgan fingerprint density at radius 1 is 1.05 bits per heavy atom. The van der Waals surface area contributed by atoms with Crippen LogP contribution >= 0.6 is 0 Å². The minimum atomic E-state index is 0.211. The van der Waals surface area contributed by atoms with Gasteiger partial charge in [0.15, 0.2) is 11.5 Å². The molecule has 0 fully saturated rings. The van der Waals surface area contributed by atoms with Gasteiger partial charge in [0.25, 0.3) is 0 Å². The van der Waals surface area contributed by atoms with E-state index < -0.39 is 0 Å². The molecule has 110 valence electrons. The van der Waals surface area contributed by atoms with E-state index in [4.69, 9.17) is 9.47 Å². The number of fused-ring (bicyclic) bond motifs is 1. The first-order valence-corrected chi connectivity index (χ1v) is 7.40. The number of para-hydroxylation sites is 1. The van der Waals surface area contributed by atoms with Crippen LogP contribution in [0.4, 0.5) is 0 Å². The molecule has 3 rings (SSSR count). The first kappa shape index (κ1) is 14.0. The molecule has 0 aromatic heterocycles. The van der Waals surface area contributed by atoms with Crippen LogP contribution in [-0.2, 0) is 6.42 Å². The van der Waals surface area contributed by atoms with Crippen LogP contribution in [0.2, 0.25) is 0 Å². The highest BCUT2D eigenvalue weighted by molar-refractivity contribution is 5.49. The van der Waals surface area contributed by atoms with Gasteiger partial charge in [-0.15, -0.1) is 0 Å². The standard InChI is InChI=1S/C18H21NO2/c1-13-6-3-4-7-14(13)12-16(19-2)15-8-5-9-17-18(15)21-11-10-20-17/h3-9,16,19H,10-12H2,1-2H3. The van der Waals surface area contributed by atoms with Gasteiger partial charge in [-0.05, 0) is 37.6 Å². The summed E-state index contributed by atoms with van der Waals surface area (Å²) in [6.07, 6.45) is 0.934. The van der Waals surface area contributed by atoms with Gasteiger partial charge in [-0.25, -0.2) is 0 Å².